The molecule has 7 N–H and O–H groups in total. The summed E-state index contributed by atoms with van der Waals surface area (Å²) in [5.74, 6) is -1.60. The first kappa shape index (κ1) is 37.0. The molecule has 43 heavy (non-hydrogen) atoms. The van der Waals surface area contributed by atoms with Gasteiger partial charge in [0.05, 0.1) is 13.2 Å². The van der Waals surface area contributed by atoms with Crippen LogP contribution < -0.4 is 32.5 Å². The topological polar surface area (TPSA) is 198 Å². The van der Waals surface area contributed by atoms with Crippen molar-refractivity contribution in [2.24, 2.45) is 11.7 Å². The molecule has 1 atom stereocenters. The van der Waals surface area contributed by atoms with E-state index in [1.165, 1.54) is 0 Å². The zero-order valence-corrected chi connectivity index (χ0v) is 25.6. The average molecular weight is 605 g/mol. The number of unbranched alkanes of at least 4 members (excludes halogenated alkanes) is 3. The molecule has 0 heterocycles. The Labute approximate surface area is 253 Å². The molecular formula is C30H48N6O7. The Kier molecular flexibility index (Phi) is 18.7. The molecule has 0 aliphatic rings. The standard InChI is InChI=1S/C30H48N6O7/c1-4-5-6-7-12-27(39)36-43-20-22-14-16-23(17-15-22)34-29(41)24(10-9-18-32-30(31)42)35-28(40)19-33-26(38)13-8-11-25(37)21(2)3/h14-17,21,24H,4-13,18-20H2,1-3H3,(H,33,38)(H,34,41)(H,35,40)(H,36,39)(H3,31,32,42). The highest BCUT2D eigenvalue weighted by atomic mass is 16.6. The molecule has 240 valence electrons. The third kappa shape index (κ3) is 18.2. The molecule has 13 heteroatoms. The first-order chi connectivity index (χ1) is 20.5. The van der Waals surface area contributed by atoms with Crippen LogP contribution in [0.1, 0.15) is 90.5 Å². The first-order valence-corrected chi connectivity index (χ1v) is 14.9. The number of benzene rings is 1. The number of amides is 6. The number of hydrogen-bond donors (Lipinski definition) is 6. The number of anilines is 1. The summed E-state index contributed by atoms with van der Waals surface area (Å²) in [4.78, 5) is 77.3. The first-order valence-electron chi connectivity index (χ1n) is 14.9. The summed E-state index contributed by atoms with van der Waals surface area (Å²) in [7, 11) is 0. The van der Waals surface area contributed by atoms with Gasteiger partial charge in [0.15, 0.2) is 0 Å². The summed E-state index contributed by atoms with van der Waals surface area (Å²) >= 11 is 0. The molecule has 0 radical (unpaired) electrons. The number of ketones is 1. The lowest BCUT2D eigenvalue weighted by atomic mass is 10.0. The molecule has 0 saturated carbocycles. The van der Waals surface area contributed by atoms with Gasteiger partial charge in [-0.1, -0.05) is 52.2 Å². The largest absolute Gasteiger partial charge is 0.352 e. The molecule has 0 saturated heterocycles. The smallest absolute Gasteiger partial charge is 0.312 e. The summed E-state index contributed by atoms with van der Waals surface area (Å²) in [6.07, 6.45) is 5.78. The van der Waals surface area contributed by atoms with Gasteiger partial charge < -0.3 is 27.0 Å². The second-order valence-electron chi connectivity index (χ2n) is 10.6. The molecule has 0 bridgehead atoms. The van der Waals surface area contributed by atoms with Crippen LogP contribution in [-0.2, 0) is 35.4 Å². The number of Topliss-reactive ketones (excluding diaryl/α,β-unsaturated/α-hetero) is 1. The summed E-state index contributed by atoms with van der Waals surface area (Å²) in [6.45, 7) is 5.74. The minimum atomic E-state index is -0.946. The number of primary amides is 1. The summed E-state index contributed by atoms with van der Waals surface area (Å²) < 4.78 is 0. The molecule has 0 fully saturated rings. The number of nitrogens with one attached hydrogen (secondary N) is 5. The predicted octanol–water partition coefficient (Wildman–Crippen LogP) is 2.59. The van der Waals surface area contributed by atoms with E-state index >= 15 is 0 Å². The van der Waals surface area contributed by atoms with Crippen LogP contribution in [0.5, 0.6) is 0 Å². The zero-order chi connectivity index (χ0) is 32.0. The second kappa shape index (κ2) is 21.7. The van der Waals surface area contributed by atoms with Crippen molar-refractivity contribution in [2.75, 3.05) is 18.4 Å². The summed E-state index contributed by atoms with van der Waals surface area (Å²) in [6, 6.07) is 5.16. The SMILES string of the molecule is CCCCCCC(=O)NOCc1ccc(NC(=O)C(CCCNC(N)=O)NC(=O)CNC(=O)CCCC(=O)C(C)C)cc1. The van der Waals surface area contributed by atoms with Gasteiger partial charge in [0.2, 0.25) is 23.6 Å². The number of carbonyl (C=O) groups is 6. The minimum Gasteiger partial charge on any atom is -0.352 e. The maximum absolute atomic E-state index is 13.0. The van der Waals surface area contributed by atoms with E-state index < -0.39 is 23.9 Å². The molecule has 0 aliphatic heterocycles. The van der Waals surface area contributed by atoms with Crippen molar-refractivity contribution in [3.63, 3.8) is 0 Å². The highest BCUT2D eigenvalue weighted by molar-refractivity contribution is 5.97. The molecule has 13 nitrogen and oxygen atoms in total. The van der Waals surface area contributed by atoms with Gasteiger partial charge in [-0.15, -0.1) is 0 Å². The Balaban J connectivity index is 2.58. The second-order valence-corrected chi connectivity index (χ2v) is 10.6. The Bertz CT molecular complexity index is 1050. The molecular weight excluding hydrogens is 556 g/mol. The minimum absolute atomic E-state index is 0.0743. The molecule has 1 rings (SSSR count). The quantitative estimate of drug-likeness (QED) is 0.0863. The average Bonchev–Trinajstić information content (AvgIpc) is 2.96. The molecule has 0 spiro atoms. The van der Waals surface area contributed by atoms with Gasteiger partial charge in [0.1, 0.15) is 11.8 Å². The molecule has 6 amide bonds. The fraction of sp³-hybridized carbons (Fsp3) is 0.600. The maximum Gasteiger partial charge on any atom is 0.312 e. The van der Waals surface area contributed by atoms with Gasteiger partial charge in [0, 0.05) is 37.4 Å². The van der Waals surface area contributed by atoms with E-state index in [0.29, 0.717) is 31.4 Å². The van der Waals surface area contributed by atoms with Crippen molar-refractivity contribution in [1.29, 1.82) is 0 Å². The molecule has 1 aromatic carbocycles. The van der Waals surface area contributed by atoms with Crippen molar-refractivity contribution >= 4 is 41.1 Å². The van der Waals surface area contributed by atoms with E-state index in [0.717, 1.165) is 31.2 Å². The fourth-order valence-corrected chi connectivity index (χ4v) is 3.89. The van der Waals surface area contributed by atoms with E-state index in [1.54, 1.807) is 38.1 Å². The van der Waals surface area contributed by atoms with E-state index in [9.17, 15) is 28.8 Å². The lowest BCUT2D eigenvalue weighted by Gasteiger charge is -2.19. The van der Waals surface area contributed by atoms with Gasteiger partial charge in [-0.25, -0.2) is 10.3 Å². The predicted molar refractivity (Wildman–Crippen MR) is 162 cm³/mol. The Morgan fingerprint density at radius 2 is 1.51 bits per heavy atom. The Hall–Kier alpha value is -4.00. The highest BCUT2D eigenvalue weighted by Gasteiger charge is 2.21. The van der Waals surface area contributed by atoms with E-state index in [-0.39, 0.29) is 56.1 Å². The highest BCUT2D eigenvalue weighted by Crippen LogP contribution is 2.12. The van der Waals surface area contributed by atoms with Crippen LogP contribution in [0.4, 0.5) is 10.5 Å². The lowest BCUT2D eigenvalue weighted by Crippen LogP contribution is -2.47. The third-order valence-corrected chi connectivity index (χ3v) is 6.44. The van der Waals surface area contributed by atoms with Gasteiger partial charge in [0.25, 0.3) is 0 Å². The summed E-state index contributed by atoms with van der Waals surface area (Å²) in [5.41, 5.74) is 8.77. The summed E-state index contributed by atoms with van der Waals surface area (Å²) in [5, 5.41) is 10.3. The number of hydroxylamine groups is 1. The van der Waals surface area contributed by atoms with Crippen LogP contribution in [0.2, 0.25) is 0 Å². The number of nitrogens with two attached hydrogens (primary N) is 1. The number of hydrogen-bond acceptors (Lipinski definition) is 7. The van der Waals surface area contributed by atoms with E-state index in [2.05, 4.69) is 33.7 Å². The van der Waals surface area contributed by atoms with Crippen LogP contribution in [-0.4, -0.2) is 54.6 Å². The Morgan fingerprint density at radius 3 is 2.16 bits per heavy atom. The zero-order valence-electron chi connectivity index (χ0n) is 25.6. The monoisotopic (exact) mass is 604 g/mol. The van der Waals surface area contributed by atoms with Crippen molar-refractivity contribution in [3.05, 3.63) is 29.8 Å². The molecule has 1 aromatic rings. The maximum atomic E-state index is 13.0. The fourth-order valence-electron chi connectivity index (χ4n) is 3.89. The molecule has 1 unspecified atom stereocenters. The number of carbonyl (C=O) groups excluding carboxylic acids is 6. The van der Waals surface area contributed by atoms with Gasteiger partial charge in [-0.05, 0) is 43.4 Å². The van der Waals surface area contributed by atoms with Crippen molar-refractivity contribution in [1.82, 2.24) is 21.4 Å². The van der Waals surface area contributed by atoms with Crippen molar-refractivity contribution in [3.8, 4) is 0 Å². The van der Waals surface area contributed by atoms with Crippen LogP contribution in [0.15, 0.2) is 24.3 Å². The van der Waals surface area contributed by atoms with Crippen LogP contribution in [0, 0.1) is 5.92 Å². The Morgan fingerprint density at radius 1 is 0.814 bits per heavy atom. The molecule has 0 aromatic heterocycles. The number of rotatable bonds is 22. The van der Waals surface area contributed by atoms with Crippen LogP contribution >= 0.6 is 0 Å². The van der Waals surface area contributed by atoms with Crippen molar-refractivity contribution in [2.45, 2.75) is 97.6 Å². The van der Waals surface area contributed by atoms with Gasteiger partial charge in [-0.3, -0.25) is 28.8 Å². The van der Waals surface area contributed by atoms with Crippen LogP contribution in [0.3, 0.4) is 0 Å². The lowest BCUT2D eigenvalue weighted by molar-refractivity contribution is -0.134. The van der Waals surface area contributed by atoms with E-state index in [1.807, 2.05) is 0 Å². The van der Waals surface area contributed by atoms with Crippen molar-refractivity contribution < 1.29 is 33.6 Å². The van der Waals surface area contributed by atoms with E-state index in [4.69, 9.17) is 10.6 Å². The third-order valence-electron chi connectivity index (χ3n) is 6.44. The molecule has 0 aliphatic carbocycles. The van der Waals surface area contributed by atoms with Crippen LogP contribution in [0.25, 0.3) is 0 Å². The van der Waals surface area contributed by atoms with Gasteiger partial charge in [-0.2, -0.15) is 0 Å². The normalized spacial score (nSPS) is 11.3. The van der Waals surface area contributed by atoms with Gasteiger partial charge >= 0.3 is 6.03 Å². The number of urea groups is 1.